The van der Waals surface area contributed by atoms with E-state index in [1.54, 1.807) is 60.5 Å². The minimum atomic E-state index is -0.278. The Morgan fingerprint density at radius 3 is 2.26 bits per heavy atom. The third kappa shape index (κ3) is 7.41. The molecule has 0 heterocycles. The van der Waals surface area contributed by atoms with Gasteiger partial charge in [-0.3, -0.25) is 14.4 Å². The van der Waals surface area contributed by atoms with Crippen molar-refractivity contribution >= 4 is 34.8 Å². The lowest BCUT2D eigenvalue weighted by molar-refractivity contribution is -0.114. The average molecular weight is 475 g/mol. The first-order valence-corrected chi connectivity index (χ1v) is 11.4. The van der Waals surface area contributed by atoms with Crippen molar-refractivity contribution in [2.24, 2.45) is 0 Å². The van der Waals surface area contributed by atoms with Gasteiger partial charge in [0.25, 0.3) is 11.8 Å². The number of amides is 3. The number of para-hydroxylation sites is 1. The van der Waals surface area contributed by atoms with Crippen LogP contribution in [0.1, 0.15) is 27.6 Å². The molecular weight excluding hydrogens is 444 g/mol. The van der Waals surface area contributed by atoms with Gasteiger partial charge in [-0.15, -0.1) is 0 Å². The van der Waals surface area contributed by atoms with E-state index in [4.69, 9.17) is 4.74 Å². The Morgan fingerprint density at radius 1 is 0.857 bits per heavy atom. The topological polar surface area (TPSA) is 99.8 Å². The molecule has 0 atom stereocenters. The van der Waals surface area contributed by atoms with E-state index in [9.17, 15) is 14.4 Å². The molecule has 35 heavy (non-hydrogen) atoms. The Morgan fingerprint density at radius 2 is 1.54 bits per heavy atom. The highest BCUT2D eigenvalue weighted by Crippen LogP contribution is 2.19. The molecule has 3 aromatic carbocycles. The quantitative estimate of drug-likeness (QED) is 0.367. The number of methoxy groups -OCH3 is 1. The van der Waals surface area contributed by atoms with Crippen molar-refractivity contribution in [3.8, 4) is 0 Å². The van der Waals surface area contributed by atoms with Crippen molar-refractivity contribution in [1.82, 2.24) is 5.32 Å². The minimum Gasteiger partial charge on any atom is -0.383 e. The molecule has 182 valence electrons. The predicted molar refractivity (Wildman–Crippen MR) is 138 cm³/mol. The number of hydrogen-bond acceptors (Lipinski definition) is 5. The maximum absolute atomic E-state index is 13.1. The van der Waals surface area contributed by atoms with E-state index in [2.05, 4.69) is 16.0 Å². The Balaban J connectivity index is 1.58. The normalized spacial score (nSPS) is 10.3. The fourth-order valence-corrected chi connectivity index (χ4v) is 3.46. The van der Waals surface area contributed by atoms with Gasteiger partial charge < -0.3 is 25.6 Å². The van der Waals surface area contributed by atoms with Crippen molar-refractivity contribution in [2.45, 2.75) is 6.92 Å². The fraction of sp³-hybridized carbons (Fsp3) is 0.222. The van der Waals surface area contributed by atoms with Gasteiger partial charge in [-0.25, -0.2) is 0 Å². The van der Waals surface area contributed by atoms with Crippen LogP contribution in [0.15, 0.2) is 78.9 Å². The second-order valence-electron chi connectivity index (χ2n) is 7.70. The van der Waals surface area contributed by atoms with E-state index >= 15 is 0 Å². The molecular formula is C27H30N4O4. The zero-order chi connectivity index (χ0) is 25.0. The van der Waals surface area contributed by atoms with E-state index in [1.807, 2.05) is 37.3 Å². The lowest BCUT2D eigenvalue weighted by Gasteiger charge is -2.21. The highest BCUT2D eigenvalue weighted by molar-refractivity contribution is 6.07. The second kappa shape index (κ2) is 12.9. The zero-order valence-corrected chi connectivity index (χ0v) is 19.9. The van der Waals surface area contributed by atoms with E-state index in [0.29, 0.717) is 42.2 Å². The lowest BCUT2D eigenvalue weighted by Crippen LogP contribution is -2.30. The van der Waals surface area contributed by atoms with Crippen LogP contribution in [0.3, 0.4) is 0 Å². The third-order valence-electron chi connectivity index (χ3n) is 5.19. The molecule has 0 aliphatic heterocycles. The van der Waals surface area contributed by atoms with Gasteiger partial charge in [0, 0.05) is 48.4 Å². The maximum atomic E-state index is 13.1. The number of carbonyl (C=O) groups excluding carboxylic acids is 3. The zero-order valence-electron chi connectivity index (χ0n) is 19.9. The van der Waals surface area contributed by atoms with Crippen LogP contribution in [0.4, 0.5) is 17.1 Å². The summed E-state index contributed by atoms with van der Waals surface area (Å²) in [5.41, 5.74) is 2.95. The SMILES string of the molecule is CCN(C(=O)c1cccc(NC(=O)CNc2cccc(C(=O)NCCOC)c2)c1)c1ccccc1. The highest BCUT2D eigenvalue weighted by atomic mass is 16.5. The van der Waals surface area contributed by atoms with Crippen LogP contribution in [0.2, 0.25) is 0 Å². The molecule has 0 unspecified atom stereocenters. The summed E-state index contributed by atoms with van der Waals surface area (Å²) in [5, 5.41) is 8.59. The first kappa shape index (κ1) is 25.5. The molecule has 0 saturated carbocycles. The summed E-state index contributed by atoms with van der Waals surface area (Å²) in [4.78, 5) is 39.4. The van der Waals surface area contributed by atoms with Crippen molar-refractivity contribution < 1.29 is 19.1 Å². The van der Waals surface area contributed by atoms with Crippen molar-refractivity contribution in [1.29, 1.82) is 0 Å². The first-order chi connectivity index (χ1) is 17.0. The molecule has 3 N–H and O–H groups in total. The van der Waals surface area contributed by atoms with Crippen molar-refractivity contribution in [3.63, 3.8) is 0 Å². The Labute approximate surface area is 205 Å². The Hall–Kier alpha value is -4.17. The molecule has 0 aliphatic carbocycles. The van der Waals surface area contributed by atoms with E-state index in [-0.39, 0.29) is 24.3 Å². The number of benzene rings is 3. The summed E-state index contributed by atoms with van der Waals surface area (Å²) in [6, 6.07) is 23.2. The minimum absolute atomic E-state index is 0.00196. The van der Waals surface area contributed by atoms with Gasteiger partial charge >= 0.3 is 0 Å². The largest absolute Gasteiger partial charge is 0.383 e. The lowest BCUT2D eigenvalue weighted by atomic mass is 10.1. The van der Waals surface area contributed by atoms with Crippen LogP contribution >= 0.6 is 0 Å². The maximum Gasteiger partial charge on any atom is 0.258 e. The molecule has 0 radical (unpaired) electrons. The molecule has 3 amide bonds. The van der Waals surface area contributed by atoms with E-state index in [1.165, 1.54) is 0 Å². The average Bonchev–Trinajstić information content (AvgIpc) is 2.89. The number of nitrogens with zero attached hydrogens (tertiary/aromatic N) is 1. The van der Waals surface area contributed by atoms with Crippen LogP contribution in [-0.4, -0.2) is 51.1 Å². The molecule has 0 fully saturated rings. The summed E-state index contributed by atoms with van der Waals surface area (Å²) in [7, 11) is 1.57. The second-order valence-corrected chi connectivity index (χ2v) is 7.70. The Bertz CT molecular complexity index is 1150. The van der Waals surface area contributed by atoms with Crippen LogP contribution in [0.25, 0.3) is 0 Å². The monoisotopic (exact) mass is 474 g/mol. The molecule has 8 nitrogen and oxygen atoms in total. The van der Waals surface area contributed by atoms with E-state index in [0.717, 1.165) is 5.69 Å². The molecule has 8 heteroatoms. The number of ether oxygens (including phenoxy) is 1. The fourth-order valence-electron chi connectivity index (χ4n) is 3.46. The van der Waals surface area contributed by atoms with Crippen LogP contribution in [0.5, 0.6) is 0 Å². The standard InChI is InChI=1S/C27H30N4O4/c1-3-31(24-13-5-4-6-14-24)27(34)21-10-8-12-23(18-21)30-25(32)19-29-22-11-7-9-20(17-22)26(33)28-15-16-35-2/h4-14,17-18,29H,3,15-16,19H2,1-2H3,(H,28,33)(H,30,32). The molecule has 0 spiro atoms. The van der Waals surface area contributed by atoms with Gasteiger partial charge in [-0.1, -0.05) is 30.3 Å². The number of rotatable bonds is 11. The molecule has 0 saturated heterocycles. The summed E-state index contributed by atoms with van der Waals surface area (Å²) in [5.74, 6) is -0.637. The number of hydrogen-bond donors (Lipinski definition) is 3. The molecule has 0 bridgehead atoms. The summed E-state index contributed by atoms with van der Waals surface area (Å²) in [6.07, 6.45) is 0. The molecule has 0 aromatic heterocycles. The molecule has 0 aliphatic rings. The van der Waals surface area contributed by atoms with Gasteiger partial charge in [0.15, 0.2) is 0 Å². The predicted octanol–water partition coefficient (Wildman–Crippen LogP) is 3.78. The van der Waals surface area contributed by atoms with Crippen LogP contribution in [-0.2, 0) is 9.53 Å². The van der Waals surface area contributed by atoms with Crippen LogP contribution in [0, 0.1) is 0 Å². The van der Waals surface area contributed by atoms with Gasteiger partial charge in [0.1, 0.15) is 0 Å². The number of nitrogens with one attached hydrogen (secondary N) is 3. The molecule has 3 rings (SSSR count). The van der Waals surface area contributed by atoms with Gasteiger partial charge in [0.05, 0.1) is 13.2 Å². The Kier molecular flexibility index (Phi) is 9.39. The van der Waals surface area contributed by atoms with Crippen molar-refractivity contribution in [3.05, 3.63) is 90.0 Å². The smallest absolute Gasteiger partial charge is 0.258 e. The van der Waals surface area contributed by atoms with Crippen molar-refractivity contribution in [2.75, 3.05) is 48.9 Å². The first-order valence-electron chi connectivity index (χ1n) is 11.4. The summed E-state index contributed by atoms with van der Waals surface area (Å²) >= 11 is 0. The number of carbonyl (C=O) groups is 3. The van der Waals surface area contributed by atoms with Gasteiger partial charge in [-0.05, 0) is 55.5 Å². The van der Waals surface area contributed by atoms with E-state index < -0.39 is 0 Å². The number of anilines is 3. The highest BCUT2D eigenvalue weighted by Gasteiger charge is 2.16. The van der Waals surface area contributed by atoms with Gasteiger partial charge in [0.2, 0.25) is 5.91 Å². The summed E-state index contributed by atoms with van der Waals surface area (Å²) in [6.45, 7) is 3.28. The summed E-state index contributed by atoms with van der Waals surface area (Å²) < 4.78 is 4.93. The molecule has 3 aromatic rings. The third-order valence-corrected chi connectivity index (χ3v) is 5.19. The van der Waals surface area contributed by atoms with Gasteiger partial charge in [-0.2, -0.15) is 0 Å². The van der Waals surface area contributed by atoms with Crippen LogP contribution < -0.4 is 20.9 Å².